The van der Waals surface area contributed by atoms with Crippen molar-refractivity contribution in [1.82, 2.24) is 15.5 Å². The van der Waals surface area contributed by atoms with E-state index in [1.807, 2.05) is 26.8 Å². The van der Waals surface area contributed by atoms with Gasteiger partial charge in [-0.15, -0.1) is 0 Å². The zero-order valence-corrected chi connectivity index (χ0v) is 18.6. The van der Waals surface area contributed by atoms with E-state index in [2.05, 4.69) is 51.9 Å². The molecule has 0 saturated heterocycles. The molecule has 0 radical (unpaired) electrons. The first kappa shape index (κ1) is 22.0. The smallest absolute Gasteiger partial charge is 0.315 e. The van der Waals surface area contributed by atoms with E-state index < -0.39 is 0 Å². The summed E-state index contributed by atoms with van der Waals surface area (Å²) < 4.78 is 11.0. The molecule has 2 aromatic rings. The molecule has 6 heteroatoms. The molecule has 0 aliphatic carbocycles. The molecule has 6 nitrogen and oxygen atoms in total. The molecule has 0 aromatic heterocycles. The van der Waals surface area contributed by atoms with Gasteiger partial charge in [0.2, 0.25) is 0 Å². The van der Waals surface area contributed by atoms with Crippen LogP contribution in [0.4, 0.5) is 4.79 Å². The second-order valence-corrected chi connectivity index (χ2v) is 8.71. The SMILES string of the molecule is COc1cc2c(cc1OC)[C@@H](CNC(=O)NC(C)(C)C)N(Cc1ccccc1)CC2. The molecule has 162 valence electrons. The van der Waals surface area contributed by atoms with Crippen LogP contribution in [0.2, 0.25) is 0 Å². The maximum absolute atomic E-state index is 12.4. The highest BCUT2D eigenvalue weighted by molar-refractivity contribution is 5.74. The molecule has 1 aliphatic heterocycles. The maximum atomic E-state index is 12.4. The second-order valence-electron chi connectivity index (χ2n) is 8.71. The van der Waals surface area contributed by atoms with Crippen LogP contribution in [0.3, 0.4) is 0 Å². The third-order valence-electron chi connectivity index (χ3n) is 5.29. The van der Waals surface area contributed by atoms with Gasteiger partial charge in [0, 0.05) is 25.2 Å². The van der Waals surface area contributed by atoms with E-state index in [-0.39, 0.29) is 17.6 Å². The number of ether oxygens (including phenoxy) is 2. The van der Waals surface area contributed by atoms with Crippen LogP contribution in [0.5, 0.6) is 11.5 Å². The van der Waals surface area contributed by atoms with Crippen LogP contribution in [0.1, 0.15) is 43.5 Å². The first-order valence-corrected chi connectivity index (χ1v) is 10.4. The van der Waals surface area contributed by atoms with Gasteiger partial charge in [0.1, 0.15) is 0 Å². The number of carbonyl (C=O) groups excluding carboxylic acids is 1. The highest BCUT2D eigenvalue weighted by Crippen LogP contribution is 2.38. The lowest BCUT2D eigenvalue weighted by molar-refractivity contribution is 0.169. The molecule has 0 unspecified atom stereocenters. The van der Waals surface area contributed by atoms with E-state index in [0.717, 1.165) is 25.3 Å². The van der Waals surface area contributed by atoms with Crippen LogP contribution >= 0.6 is 0 Å². The standard InChI is InChI=1S/C24H33N3O3/c1-24(2,3)26-23(28)25-15-20-19-14-22(30-5)21(29-4)13-18(19)11-12-27(20)16-17-9-7-6-8-10-17/h6-10,13-14,20H,11-12,15-16H2,1-5H3,(H2,25,26,28)/t20-/m1/s1. The van der Waals surface area contributed by atoms with E-state index >= 15 is 0 Å². The van der Waals surface area contributed by atoms with Gasteiger partial charge in [0.15, 0.2) is 11.5 Å². The highest BCUT2D eigenvalue weighted by Gasteiger charge is 2.30. The van der Waals surface area contributed by atoms with Crippen LogP contribution in [0, 0.1) is 0 Å². The molecule has 1 heterocycles. The predicted octanol–water partition coefficient (Wildman–Crippen LogP) is 3.90. The van der Waals surface area contributed by atoms with Crippen molar-refractivity contribution < 1.29 is 14.3 Å². The zero-order valence-electron chi connectivity index (χ0n) is 18.6. The van der Waals surface area contributed by atoms with Crippen molar-refractivity contribution in [2.24, 2.45) is 0 Å². The Morgan fingerprint density at radius 1 is 1.10 bits per heavy atom. The average Bonchev–Trinajstić information content (AvgIpc) is 2.71. The molecule has 2 amide bonds. The van der Waals surface area contributed by atoms with Gasteiger partial charge in [0.05, 0.1) is 20.3 Å². The number of urea groups is 1. The van der Waals surface area contributed by atoms with Crippen LogP contribution in [0.25, 0.3) is 0 Å². The third-order valence-corrected chi connectivity index (χ3v) is 5.29. The number of methoxy groups -OCH3 is 2. The maximum Gasteiger partial charge on any atom is 0.315 e. The number of rotatable bonds is 6. The van der Waals surface area contributed by atoms with Gasteiger partial charge in [0.25, 0.3) is 0 Å². The first-order valence-electron chi connectivity index (χ1n) is 10.4. The topological polar surface area (TPSA) is 62.8 Å². The lowest BCUT2D eigenvalue weighted by Crippen LogP contribution is -2.49. The molecule has 0 fully saturated rings. The Kier molecular flexibility index (Phi) is 6.87. The van der Waals surface area contributed by atoms with Gasteiger partial charge in [-0.3, -0.25) is 4.90 Å². The van der Waals surface area contributed by atoms with Crippen molar-refractivity contribution in [2.45, 2.75) is 45.3 Å². The van der Waals surface area contributed by atoms with Crippen LogP contribution in [-0.4, -0.2) is 43.8 Å². The number of benzene rings is 2. The molecular weight excluding hydrogens is 378 g/mol. The largest absolute Gasteiger partial charge is 0.493 e. The van der Waals surface area contributed by atoms with Gasteiger partial charge in [-0.2, -0.15) is 0 Å². The summed E-state index contributed by atoms with van der Waals surface area (Å²) in [5.41, 5.74) is 3.38. The third kappa shape index (κ3) is 5.45. The van der Waals surface area contributed by atoms with Crippen LogP contribution < -0.4 is 20.1 Å². The Bertz CT molecular complexity index is 862. The lowest BCUT2D eigenvalue weighted by Gasteiger charge is -2.38. The number of hydrogen-bond donors (Lipinski definition) is 2. The van der Waals surface area contributed by atoms with Crippen molar-refractivity contribution in [2.75, 3.05) is 27.3 Å². The minimum absolute atomic E-state index is 0.0412. The van der Waals surface area contributed by atoms with E-state index in [1.165, 1.54) is 16.7 Å². The van der Waals surface area contributed by atoms with Gasteiger partial charge in [-0.25, -0.2) is 4.79 Å². The van der Waals surface area contributed by atoms with Gasteiger partial charge >= 0.3 is 6.03 Å². The Morgan fingerprint density at radius 3 is 2.40 bits per heavy atom. The average molecular weight is 412 g/mol. The lowest BCUT2D eigenvalue weighted by atomic mass is 9.91. The van der Waals surface area contributed by atoms with E-state index in [4.69, 9.17) is 9.47 Å². The molecule has 0 bridgehead atoms. The van der Waals surface area contributed by atoms with E-state index in [9.17, 15) is 4.79 Å². The highest BCUT2D eigenvalue weighted by atomic mass is 16.5. The monoisotopic (exact) mass is 411 g/mol. The van der Waals surface area contributed by atoms with Crippen LogP contribution in [-0.2, 0) is 13.0 Å². The Balaban J connectivity index is 1.87. The van der Waals surface area contributed by atoms with Crippen molar-refractivity contribution >= 4 is 6.03 Å². The number of amides is 2. The number of carbonyl (C=O) groups is 1. The fourth-order valence-electron chi connectivity index (χ4n) is 3.90. The Labute approximate surface area is 179 Å². The molecular formula is C24H33N3O3. The summed E-state index contributed by atoms with van der Waals surface area (Å²) >= 11 is 0. The molecule has 30 heavy (non-hydrogen) atoms. The first-order chi connectivity index (χ1) is 14.3. The fourth-order valence-corrected chi connectivity index (χ4v) is 3.90. The molecule has 3 rings (SSSR count). The van der Waals surface area contributed by atoms with Gasteiger partial charge in [-0.1, -0.05) is 30.3 Å². The molecule has 0 spiro atoms. The van der Waals surface area contributed by atoms with Crippen LogP contribution in [0.15, 0.2) is 42.5 Å². The fraction of sp³-hybridized carbons (Fsp3) is 0.458. The minimum Gasteiger partial charge on any atom is -0.493 e. The number of fused-ring (bicyclic) bond motifs is 1. The van der Waals surface area contributed by atoms with Crippen molar-refractivity contribution in [3.63, 3.8) is 0 Å². The minimum atomic E-state index is -0.283. The van der Waals surface area contributed by atoms with Gasteiger partial charge in [-0.05, 0) is 56.0 Å². The van der Waals surface area contributed by atoms with Crippen molar-refractivity contribution in [3.8, 4) is 11.5 Å². The molecule has 1 atom stereocenters. The summed E-state index contributed by atoms with van der Waals surface area (Å²) in [4.78, 5) is 14.8. The summed E-state index contributed by atoms with van der Waals surface area (Å²) in [6.45, 7) is 8.16. The quantitative estimate of drug-likeness (QED) is 0.757. The van der Waals surface area contributed by atoms with Crippen molar-refractivity contribution in [3.05, 3.63) is 59.2 Å². The summed E-state index contributed by atoms with van der Waals surface area (Å²) in [5, 5.41) is 6.04. The van der Waals surface area contributed by atoms with Crippen molar-refractivity contribution in [1.29, 1.82) is 0 Å². The molecule has 0 saturated carbocycles. The Hall–Kier alpha value is -2.73. The number of hydrogen-bond acceptors (Lipinski definition) is 4. The summed E-state index contributed by atoms with van der Waals surface area (Å²) in [5.74, 6) is 1.45. The second kappa shape index (κ2) is 9.39. The van der Waals surface area contributed by atoms with E-state index in [1.54, 1.807) is 14.2 Å². The predicted molar refractivity (Wildman–Crippen MR) is 119 cm³/mol. The van der Waals surface area contributed by atoms with E-state index in [0.29, 0.717) is 12.3 Å². The zero-order chi connectivity index (χ0) is 21.7. The summed E-state index contributed by atoms with van der Waals surface area (Å²) in [7, 11) is 3.31. The number of nitrogens with one attached hydrogen (secondary N) is 2. The van der Waals surface area contributed by atoms with Gasteiger partial charge < -0.3 is 20.1 Å². The molecule has 2 aromatic carbocycles. The summed E-state index contributed by atoms with van der Waals surface area (Å²) in [6, 6.07) is 14.4. The molecule has 2 N–H and O–H groups in total. The molecule has 1 aliphatic rings. The summed E-state index contributed by atoms with van der Waals surface area (Å²) in [6.07, 6.45) is 0.924. The number of nitrogens with zero attached hydrogens (tertiary/aromatic N) is 1. The Morgan fingerprint density at radius 2 is 1.77 bits per heavy atom. The normalized spacial score (nSPS) is 16.5.